The third kappa shape index (κ3) is 1.76. The number of aryl methyl sites for hydroxylation is 1. The van der Waals surface area contributed by atoms with Gasteiger partial charge in [-0.25, -0.2) is 4.98 Å². The molecule has 1 saturated heterocycles. The van der Waals surface area contributed by atoms with Gasteiger partial charge in [-0.05, 0) is 12.8 Å². The SMILES string of the molecule is CCCc1nccn1C1CCN(C)C1=O. The van der Waals surface area contributed by atoms with Gasteiger partial charge in [0.15, 0.2) is 0 Å². The van der Waals surface area contributed by atoms with Crippen LogP contribution in [0, 0.1) is 0 Å². The number of carbonyl (C=O) groups excluding carboxylic acids is 1. The molecule has 1 atom stereocenters. The Morgan fingerprint density at radius 3 is 3.00 bits per heavy atom. The van der Waals surface area contributed by atoms with Gasteiger partial charge in [0, 0.05) is 32.4 Å². The van der Waals surface area contributed by atoms with Gasteiger partial charge >= 0.3 is 0 Å². The third-order valence-corrected chi connectivity index (χ3v) is 2.96. The first kappa shape index (κ1) is 10.2. The van der Waals surface area contributed by atoms with E-state index in [1.165, 1.54) is 0 Å². The highest BCUT2D eigenvalue weighted by Crippen LogP contribution is 2.23. The Labute approximate surface area is 89.9 Å². The van der Waals surface area contributed by atoms with Gasteiger partial charge in [0.1, 0.15) is 11.9 Å². The van der Waals surface area contributed by atoms with E-state index in [4.69, 9.17) is 0 Å². The maximum atomic E-state index is 11.8. The van der Waals surface area contributed by atoms with Gasteiger partial charge in [-0.1, -0.05) is 6.92 Å². The summed E-state index contributed by atoms with van der Waals surface area (Å²) in [4.78, 5) is 17.9. The van der Waals surface area contributed by atoms with E-state index >= 15 is 0 Å². The molecule has 1 aromatic heterocycles. The lowest BCUT2D eigenvalue weighted by Gasteiger charge is -2.14. The molecule has 0 spiro atoms. The molecule has 0 saturated carbocycles. The van der Waals surface area contributed by atoms with Crippen LogP contribution >= 0.6 is 0 Å². The van der Waals surface area contributed by atoms with Crippen LogP contribution in [-0.2, 0) is 11.2 Å². The van der Waals surface area contributed by atoms with E-state index in [1.54, 1.807) is 11.1 Å². The van der Waals surface area contributed by atoms with Crippen LogP contribution < -0.4 is 0 Å². The van der Waals surface area contributed by atoms with E-state index in [1.807, 2.05) is 17.8 Å². The van der Waals surface area contributed by atoms with Crippen molar-refractivity contribution in [2.45, 2.75) is 32.2 Å². The Kier molecular flexibility index (Phi) is 2.75. The minimum atomic E-state index is -0.0148. The second kappa shape index (κ2) is 4.04. The van der Waals surface area contributed by atoms with Gasteiger partial charge in [-0.3, -0.25) is 4.79 Å². The summed E-state index contributed by atoms with van der Waals surface area (Å²) in [5.74, 6) is 1.25. The Morgan fingerprint density at radius 1 is 1.60 bits per heavy atom. The third-order valence-electron chi connectivity index (χ3n) is 2.96. The van der Waals surface area contributed by atoms with Crippen LogP contribution in [0.3, 0.4) is 0 Å². The van der Waals surface area contributed by atoms with E-state index in [-0.39, 0.29) is 11.9 Å². The normalized spacial score (nSPS) is 21.3. The zero-order valence-electron chi connectivity index (χ0n) is 9.31. The highest BCUT2D eigenvalue weighted by Gasteiger charge is 2.31. The van der Waals surface area contributed by atoms with E-state index in [0.717, 1.165) is 31.6 Å². The topological polar surface area (TPSA) is 38.1 Å². The van der Waals surface area contributed by atoms with Crippen molar-refractivity contribution in [2.75, 3.05) is 13.6 Å². The van der Waals surface area contributed by atoms with E-state index in [9.17, 15) is 4.79 Å². The molecule has 15 heavy (non-hydrogen) atoms. The molecule has 1 aromatic rings. The summed E-state index contributed by atoms with van der Waals surface area (Å²) in [6, 6.07) is -0.0148. The van der Waals surface area contributed by atoms with Crippen LogP contribution in [0.1, 0.15) is 31.6 Å². The van der Waals surface area contributed by atoms with Crippen molar-refractivity contribution in [3.63, 3.8) is 0 Å². The lowest BCUT2D eigenvalue weighted by atomic mass is 10.2. The summed E-state index contributed by atoms with van der Waals surface area (Å²) < 4.78 is 2.04. The predicted octanol–water partition coefficient (Wildman–Crippen LogP) is 1.24. The van der Waals surface area contributed by atoms with Gasteiger partial charge in [0.2, 0.25) is 5.91 Å². The number of amides is 1. The van der Waals surface area contributed by atoms with Gasteiger partial charge in [0.25, 0.3) is 0 Å². The molecule has 4 nitrogen and oxygen atoms in total. The number of nitrogens with zero attached hydrogens (tertiary/aromatic N) is 3. The highest BCUT2D eigenvalue weighted by atomic mass is 16.2. The molecule has 0 radical (unpaired) electrons. The van der Waals surface area contributed by atoms with Crippen molar-refractivity contribution in [2.24, 2.45) is 0 Å². The fourth-order valence-electron chi connectivity index (χ4n) is 2.11. The largest absolute Gasteiger partial charge is 0.344 e. The summed E-state index contributed by atoms with van der Waals surface area (Å²) in [6.07, 6.45) is 6.62. The molecule has 1 amide bonds. The first-order valence-electron chi connectivity index (χ1n) is 5.50. The average molecular weight is 207 g/mol. The number of hydrogen-bond acceptors (Lipinski definition) is 2. The Balaban J connectivity index is 2.22. The maximum Gasteiger partial charge on any atom is 0.245 e. The molecule has 2 rings (SSSR count). The number of likely N-dealkylation sites (N-methyl/N-ethyl adjacent to an activating group) is 1. The Morgan fingerprint density at radius 2 is 2.40 bits per heavy atom. The van der Waals surface area contributed by atoms with Crippen LogP contribution in [0.4, 0.5) is 0 Å². The fourth-order valence-corrected chi connectivity index (χ4v) is 2.11. The molecule has 1 unspecified atom stereocenters. The maximum absolute atomic E-state index is 11.8. The van der Waals surface area contributed by atoms with Crippen molar-refractivity contribution < 1.29 is 4.79 Å². The van der Waals surface area contributed by atoms with E-state index < -0.39 is 0 Å². The lowest BCUT2D eigenvalue weighted by Crippen LogP contribution is -2.25. The predicted molar refractivity (Wildman–Crippen MR) is 57.5 cm³/mol. The number of hydrogen-bond donors (Lipinski definition) is 0. The van der Waals surface area contributed by atoms with Crippen LogP contribution in [0.25, 0.3) is 0 Å². The molecule has 0 bridgehead atoms. The van der Waals surface area contributed by atoms with Crippen LogP contribution in [0.2, 0.25) is 0 Å². The Hall–Kier alpha value is -1.32. The summed E-state index contributed by atoms with van der Waals surface area (Å²) >= 11 is 0. The molecule has 1 aliphatic heterocycles. The molecule has 4 heteroatoms. The van der Waals surface area contributed by atoms with Gasteiger partial charge in [0.05, 0.1) is 0 Å². The van der Waals surface area contributed by atoms with Crippen molar-refractivity contribution >= 4 is 5.91 Å². The van der Waals surface area contributed by atoms with Gasteiger partial charge in [-0.2, -0.15) is 0 Å². The standard InChI is InChI=1S/C11H17N3O/c1-3-4-10-12-6-8-14(10)9-5-7-13(2)11(9)15/h6,8-9H,3-5,7H2,1-2H3. The molecule has 1 fully saturated rings. The molecule has 0 aliphatic carbocycles. The van der Waals surface area contributed by atoms with Crippen LogP contribution in [0.15, 0.2) is 12.4 Å². The zero-order valence-corrected chi connectivity index (χ0v) is 9.31. The average Bonchev–Trinajstić information content (AvgIpc) is 2.77. The van der Waals surface area contributed by atoms with Crippen molar-refractivity contribution in [1.82, 2.24) is 14.5 Å². The van der Waals surface area contributed by atoms with Crippen molar-refractivity contribution in [3.05, 3.63) is 18.2 Å². The smallest absolute Gasteiger partial charge is 0.245 e. The van der Waals surface area contributed by atoms with Crippen molar-refractivity contribution in [1.29, 1.82) is 0 Å². The number of carbonyl (C=O) groups is 1. The second-order valence-electron chi connectivity index (χ2n) is 4.07. The molecule has 0 N–H and O–H groups in total. The second-order valence-corrected chi connectivity index (χ2v) is 4.07. The first-order chi connectivity index (χ1) is 7.24. The van der Waals surface area contributed by atoms with E-state index in [2.05, 4.69) is 11.9 Å². The molecular formula is C11H17N3O. The zero-order chi connectivity index (χ0) is 10.8. The summed E-state index contributed by atoms with van der Waals surface area (Å²) in [5.41, 5.74) is 0. The summed E-state index contributed by atoms with van der Waals surface area (Å²) in [6.45, 7) is 2.98. The van der Waals surface area contributed by atoms with Crippen molar-refractivity contribution in [3.8, 4) is 0 Å². The minimum absolute atomic E-state index is 0.0148. The summed E-state index contributed by atoms with van der Waals surface area (Å²) in [7, 11) is 1.86. The van der Waals surface area contributed by atoms with Gasteiger partial charge in [-0.15, -0.1) is 0 Å². The van der Waals surface area contributed by atoms with E-state index in [0.29, 0.717) is 0 Å². The molecule has 0 aromatic carbocycles. The number of rotatable bonds is 3. The minimum Gasteiger partial charge on any atom is -0.344 e. The number of likely N-dealkylation sites (tertiary alicyclic amines) is 1. The summed E-state index contributed by atoms with van der Waals surface area (Å²) in [5, 5.41) is 0. The lowest BCUT2D eigenvalue weighted by molar-refractivity contribution is -0.129. The van der Waals surface area contributed by atoms with Gasteiger partial charge < -0.3 is 9.47 Å². The van der Waals surface area contributed by atoms with Crippen LogP contribution in [-0.4, -0.2) is 34.0 Å². The van der Waals surface area contributed by atoms with Crippen LogP contribution in [0.5, 0.6) is 0 Å². The number of aromatic nitrogens is 2. The fraction of sp³-hybridized carbons (Fsp3) is 0.636. The molecule has 1 aliphatic rings. The number of imidazole rings is 1. The molecule has 2 heterocycles. The Bertz CT molecular complexity index is 358. The highest BCUT2D eigenvalue weighted by molar-refractivity contribution is 5.82. The molecule has 82 valence electrons. The monoisotopic (exact) mass is 207 g/mol. The first-order valence-corrected chi connectivity index (χ1v) is 5.50. The quantitative estimate of drug-likeness (QED) is 0.748. The molecular weight excluding hydrogens is 190 g/mol.